The van der Waals surface area contributed by atoms with Crippen molar-refractivity contribution in [1.29, 1.82) is 0 Å². The molecular formula is C19H30ClN5O9P2. The lowest BCUT2D eigenvalue weighted by Gasteiger charge is -2.27. The fraction of sp³-hybridized carbons (Fsp3) is 0.632. The molecule has 0 bridgehead atoms. The zero-order valence-electron chi connectivity index (χ0n) is 19.6. The number of nitrogens with zero attached hydrogens (tertiary/aromatic N) is 5. The molecule has 0 spiro atoms. The van der Waals surface area contributed by atoms with Crippen molar-refractivity contribution in [3.8, 4) is 0 Å². The first-order chi connectivity index (χ1) is 16.7. The highest BCUT2D eigenvalue weighted by Gasteiger charge is 2.35. The maximum atomic E-state index is 11.9. The van der Waals surface area contributed by atoms with Gasteiger partial charge in [0.25, 0.3) is 0 Å². The smallest absolute Gasteiger partial charge is 0.340 e. The van der Waals surface area contributed by atoms with Crippen LogP contribution in [0, 0.1) is 0 Å². The molecule has 0 aliphatic heterocycles. The second-order valence-electron chi connectivity index (χ2n) is 8.62. The van der Waals surface area contributed by atoms with Crippen molar-refractivity contribution in [2.24, 2.45) is 0 Å². The molecule has 1 unspecified atom stereocenters. The maximum Gasteiger partial charge on any atom is 0.340 e. The Balaban J connectivity index is 1.80. The third kappa shape index (κ3) is 6.90. The minimum atomic E-state index is -4.84. The van der Waals surface area contributed by atoms with E-state index in [-0.39, 0.29) is 22.5 Å². The summed E-state index contributed by atoms with van der Waals surface area (Å²) in [4.78, 5) is 37.9. The quantitative estimate of drug-likeness (QED) is 0.128. The summed E-state index contributed by atoms with van der Waals surface area (Å²) in [5.74, 6) is -0.896. The van der Waals surface area contributed by atoms with Crippen LogP contribution < -0.4 is 4.90 Å². The molecule has 2 heterocycles. The molecule has 0 radical (unpaired) electrons. The van der Waals surface area contributed by atoms with Crippen molar-refractivity contribution < 1.29 is 43.7 Å². The second kappa shape index (κ2) is 11.5. The van der Waals surface area contributed by atoms with Crippen molar-refractivity contribution in [3.63, 3.8) is 0 Å². The Morgan fingerprint density at radius 1 is 1.25 bits per heavy atom. The highest BCUT2D eigenvalue weighted by molar-refractivity contribution is 7.70. The zero-order chi connectivity index (χ0) is 26.8. The highest BCUT2D eigenvalue weighted by Crippen LogP contribution is 2.55. The molecular weight excluding hydrogens is 540 g/mol. The molecule has 2 aromatic heterocycles. The van der Waals surface area contributed by atoms with Gasteiger partial charge in [-0.05, 0) is 36.9 Å². The van der Waals surface area contributed by atoms with Gasteiger partial charge in [-0.15, -0.1) is 0 Å². The Morgan fingerprint density at radius 2 is 1.89 bits per heavy atom. The van der Waals surface area contributed by atoms with Crippen LogP contribution >= 0.6 is 26.8 Å². The number of allylic oxidation sites excluding steroid dienone is 1. The predicted molar refractivity (Wildman–Crippen MR) is 131 cm³/mol. The first-order valence-corrected chi connectivity index (χ1v) is 15.0. The molecule has 0 saturated heterocycles. The van der Waals surface area contributed by atoms with E-state index < -0.39 is 46.1 Å². The van der Waals surface area contributed by atoms with Gasteiger partial charge in [-0.2, -0.15) is 15.1 Å². The van der Waals surface area contributed by atoms with E-state index in [1.54, 1.807) is 0 Å². The van der Waals surface area contributed by atoms with Gasteiger partial charge >= 0.3 is 15.2 Å². The van der Waals surface area contributed by atoms with Gasteiger partial charge in [0.05, 0.1) is 18.2 Å². The fourth-order valence-corrected chi connectivity index (χ4v) is 6.83. The van der Waals surface area contributed by atoms with Crippen LogP contribution in [-0.4, -0.2) is 87.6 Å². The van der Waals surface area contributed by atoms with Gasteiger partial charge in [-0.3, -0.25) is 9.13 Å². The normalized spacial score (nSPS) is 19.9. The van der Waals surface area contributed by atoms with E-state index in [1.165, 1.54) is 19.2 Å². The molecule has 1 aliphatic carbocycles. The van der Waals surface area contributed by atoms with Crippen molar-refractivity contribution in [2.75, 3.05) is 24.5 Å². The molecule has 1 fully saturated rings. The lowest BCUT2D eigenvalue weighted by Crippen LogP contribution is -2.38. The minimum Gasteiger partial charge on any atom is -0.386 e. The number of halogens is 1. The van der Waals surface area contributed by atoms with Gasteiger partial charge < -0.3 is 39.4 Å². The summed E-state index contributed by atoms with van der Waals surface area (Å²) in [6.07, 6.45) is 1.35. The van der Waals surface area contributed by atoms with Gasteiger partial charge in [-0.25, -0.2) is 4.68 Å². The van der Waals surface area contributed by atoms with Crippen LogP contribution in [0.25, 0.3) is 11.0 Å². The molecule has 1 aliphatic rings. The number of fused-ring (bicyclic) bond motifs is 1. The molecule has 14 nitrogen and oxygen atoms in total. The number of aliphatic hydroxyl groups is 3. The molecule has 0 amide bonds. The number of hydrogen-bond acceptors (Lipinski definition) is 10. The molecule has 17 heteroatoms. The van der Waals surface area contributed by atoms with Crippen LogP contribution in [0.2, 0.25) is 5.28 Å². The monoisotopic (exact) mass is 569 g/mol. The summed E-state index contributed by atoms with van der Waals surface area (Å²) in [7, 11) is -7.66. The summed E-state index contributed by atoms with van der Waals surface area (Å²) in [6.45, 7) is 0.702. The molecule has 4 atom stereocenters. The van der Waals surface area contributed by atoms with E-state index in [2.05, 4.69) is 15.1 Å². The largest absolute Gasteiger partial charge is 0.386 e. The van der Waals surface area contributed by atoms with Crippen molar-refractivity contribution >= 4 is 43.6 Å². The average molecular weight is 570 g/mol. The molecule has 36 heavy (non-hydrogen) atoms. The highest BCUT2D eigenvalue weighted by atomic mass is 35.5. The van der Waals surface area contributed by atoms with E-state index in [9.17, 15) is 29.3 Å². The second-order valence-corrected chi connectivity index (χ2v) is 13.0. The lowest BCUT2D eigenvalue weighted by atomic mass is 10.0. The minimum absolute atomic E-state index is 0.0994. The predicted octanol–water partition coefficient (Wildman–Crippen LogP) is 1.35. The van der Waals surface area contributed by atoms with Crippen LogP contribution in [0.15, 0.2) is 17.8 Å². The van der Waals surface area contributed by atoms with Crippen LogP contribution in [0.1, 0.15) is 38.8 Å². The Morgan fingerprint density at radius 3 is 2.47 bits per heavy atom. The third-order valence-electron chi connectivity index (χ3n) is 6.04. The van der Waals surface area contributed by atoms with Crippen LogP contribution in [0.3, 0.4) is 0 Å². The average Bonchev–Trinajstić information content (AvgIpc) is 3.46. The van der Waals surface area contributed by atoms with Gasteiger partial charge in [0, 0.05) is 13.1 Å². The number of hydrogen-bond donors (Lipinski definition) is 6. The molecule has 202 valence electrons. The van der Waals surface area contributed by atoms with Crippen molar-refractivity contribution in [3.05, 3.63) is 23.1 Å². The zero-order valence-corrected chi connectivity index (χ0v) is 22.2. The van der Waals surface area contributed by atoms with Crippen molar-refractivity contribution in [2.45, 2.75) is 57.1 Å². The van der Waals surface area contributed by atoms with Crippen LogP contribution in [-0.2, 0) is 13.7 Å². The Bertz CT molecular complexity index is 1200. The molecule has 2 aromatic rings. The Kier molecular flexibility index (Phi) is 9.32. The fourth-order valence-electron chi connectivity index (χ4n) is 4.13. The molecule has 6 N–H and O–H groups in total. The molecule has 0 aromatic carbocycles. The number of aromatic nitrogens is 4. The van der Waals surface area contributed by atoms with Gasteiger partial charge in [0.1, 0.15) is 18.0 Å². The van der Waals surface area contributed by atoms with Gasteiger partial charge in [0.15, 0.2) is 17.8 Å². The lowest BCUT2D eigenvalue weighted by molar-refractivity contribution is -0.0845. The summed E-state index contributed by atoms with van der Waals surface area (Å²) in [5, 5.41) is 36.5. The number of anilines is 1. The van der Waals surface area contributed by atoms with E-state index in [1.807, 2.05) is 11.9 Å². The molecule has 1 saturated carbocycles. The first-order valence-electron chi connectivity index (χ1n) is 11.1. The number of aliphatic hydroxyl groups excluding tert-OH is 3. The van der Waals surface area contributed by atoms with E-state index in [4.69, 9.17) is 25.9 Å². The molecule has 3 rings (SSSR count). The first kappa shape index (κ1) is 29.1. The van der Waals surface area contributed by atoms with Crippen LogP contribution in [0.5, 0.6) is 0 Å². The van der Waals surface area contributed by atoms with Crippen LogP contribution in [0.4, 0.5) is 5.82 Å². The third-order valence-corrected chi connectivity index (χ3v) is 9.64. The Hall–Kier alpha value is -1.44. The number of rotatable bonds is 11. The van der Waals surface area contributed by atoms with Gasteiger partial charge in [0.2, 0.25) is 5.28 Å². The summed E-state index contributed by atoms with van der Waals surface area (Å²) >= 11 is 6.14. The van der Waals surface area contributed by atoms with E-state index in [0.717, 1.165) is 30.4 Å². The van der Waals surface area contributed by atoms with E-state index >= 15 is 0 Å². The Labute approximate surface area is 211 Å². The maximum absolute atomic E-state index is 11.9. The standard InChI is InChI=1S/C19H30ClN5O9P2/c1-3-11(9-34-36(32,33)10-35(29,30)31)14(26)15(27)18(28)25-17-13(8-21-25)16(22-19(20)23-17)24(2)12-6-4-5-7-12/h3,8,12,14-15,18,26-28H,4-7,9-10H2,1-2H3,(H,32,33)(H2,29,30,31)/b11-3-/t14-,15-,18-/m1/s1. The summed E-state index contributed by atoms with van der Waals surface area (Å²) in [5.41, 5.74) is 0.000640. The summed E-state index contributed by atoms with van der Waals surface area (Å²) in [6, 6.07) is 0.255. The SMILES string of the molecule is C/C=C(/COP(=O)(O)CP(=O)(O)O)[C@@H](O)[C@@H](O)[C@@H](O)n1ncc2c(N(C)C3CCCC3)nc(Cl)nc21. The van der Waals surface area contributed by atoms with Gasteiger partial charge in [-0.1, -0.05) is 18.9 Å². The van der Waals surface area contributed by atoms with E-state index in [0.29, 0.717) is 11.2 Å². The topological polar surface area (TPSA) is 212 Å². The summed E-state index contributed by atoms with van der Waals surface area (Å²) < 4.78 is 28.6. The van der Waals surface area contributed by atoms with Crippen molar-refractivity contribution in [1.82, 2.24) is 19.7 Å².